The minimum Gasteiger partial charge on any atom is -0.389 e. The molecule has 0 bridgehead atoms. The maximum Gasteiger partial charge on any atom is 0.0759 e. The van der Waals surface area contributed by atoms with Crippen molar-refractivity contribution in [3.05, 3.63) is 48.1 Å². The van der Waals surface area contributed by atoms with Crippen molar-refractivity contribution in [2.45, 2.75) is 49.0 Å². The first kappa shape index (κ1) is 14.7. The fraction of sp³-hybridized carbons (Fsp3) is 0.444. The number of aliphatic hydroxyl groups excluding tert-OH is 1. The summed E-state index contributed by atoms with van der Waals surface area (Å²) in [7, 11) is 0. The lowest BCUT2D eigenvalue weighted by molar-refractivity contribution is 0.234. The van der Waals surface area contributed by atoms with Gasteiger partial charge in [-0.2, -0.15) is 0 Å². The Hall–Kier alpha value is -1.19. The van der Waals surface area contributed by atoms with E-state index in [9.17, 15) is 5.11 Å². The van der Waals surface area contributed by atoms with Crippen LogP contribution in [0.5, 0.6) is 0 Å². The van der Waals surface area contributed by atoms with Crippen LogP contribution in [0.1, 0.15) is 26.7 Å². The molecule has 1 heterocycles. The van der Waals surface area contributed by atoms with Gasteiger partial charge in [0, 0.05) is 11.4 Å². The van der Waals surface area contributed by atoms with Gasteiger partial charge in [-0.15, -0.1) is 11.8 Å². The molecule has 0 aromatic heterocycles. The predicted molar refractivity (Wildman–Crippen MR) is 91.0 cm³/mol. The van der Waals surface area contributed by atoms with Crippen molar-refractivity contribution in [3.8, 4) is 0 Å². The van der Waals surface area contributed by atoms with E-state index in [-0.39, 0.29) is 0 Å². The van der Waals surface area contributed by atoms with Gasteiger partial charge in [0.05, 0.1) is 23.1 Å². The van der Waals surface area contributed by atoms with Crippen molar-refractivity contribution >= 4 is 17.4 Å². The molecule has 1 aromatic rings. The lowest BCUT2D eigenvalue weighted by Crippen LogP contribution is -2.45. The molecule has 112 valence electrons. The molecule has 3 unspecified atom stereocenters. The fourth-order valence-corrected chi connectivity index (χ4v) is 4.30. The molecule has 1 aromatic carbocycles. The van der Waals surface area contributed by atoms with Crippen LogP contribution in [0, 0.1) is 0 Å². The number of thioether (sulfide) groups is 1. The molecule has 1 aliphatic heterocycles. The molecule has 3 heteroatoms. The van der Waals surface area contributed by atoms with Crippen molar-refractivity contribution in [1.82, 2.24) is 0 Å². The number of fused-ring (bicyclic) bond motifs is 2. The third-order valence-electron chi connectivity index (χ3n) is 4.21. The molecule has 0 saturated heterocycles. The van der Waals surface area contributed by atoms with Crippen LogP contribution in [0.25, 0.3) is 0 Å². The highest BCUT2D eigenvalue weighted by Crippen LogP contribution is 2.44. The van der Waals surface area contributed by atoms with E-state index in [1.165, 1.54) is 23.4 Å². The van der Waals surface area contributed by atoms with Crippen molar-refractivity contribution in [2.24, 2.45) is 0 Å². The van der Waals surface area contributed by atoms with E-state index in [1.807, 2.05) is 18.7 Å². The highest BCUT2D eigenvalue weighted by Gasteiger charge is 2.33. The average Bonchev–Trinajstić information content (AvgIpc) is 2.50. The normalized spacial score (nSPS) is 25.1. The second kappa shape index (κ2) is 6.29. The number of rotatable bonds is 4. The Labute approximate surface area is 131 Å². The molecular weight excluding hydrogens is 278 g/mol. The van der Waals surface area contributed by atoms with E-state index in [0.717, 1.165) is 12.1 Å². The molecule has 0 saturated carbocycles. The van der Waals surface area contributed by atoms with Crippen molar-refractivity contribution in [3.63, 3.8) is 0 Å². The van der Waals surface area contributed by atoms with Crippen LogP contribution in [0.15, 0.2) is 53.0 Å². The van der Waals surface area contributed by atoms with Crippen LogP contribution in [0.3, 0.4) is 0 Å². The summed E-state index contributed by atoms with van der Waals surface area (Å²) >= 11 is 1.94. The monoisotopic (exact) mass is 301 g/mol. The van der Waals surface area contributed by atoms with Crippen LogP contribution in [0.2, 0.25) is 0 Å². The molecule has 2 nitrogen and oxygen atoms in total. The van der Waals surface area contributed by atoms with Crippen LogP contribution < -0.4 is 4.90 Å². The average molecular weight is 301 g/mol. The Morgan fingerprint density at radius 1 is 1.33 bits per heavy atom. The van der Waals surface area contributed by atoms with E-state index < -0.39 is 6.10 Å². The highest BCUT2D eigenvalue weighted by atomic mass is 32.2. The minimum atomic E-state index is -0.391. The molecule has 0 fully saturated rings. The van der Waals surface area contributed by atoms with Gasteiger partial charge in [0.1, 0.15) is 0 Å². The summed E-state index contributed by atoms with van der Waals surface area (Å²) < 4.78 is 0. The molecule has 0 radical (unpaired) electrons. The number of para-hydroxylation sites is 1. The summed E-state index contributed by atoms with van der Waals surface area (Å²) in [4.78, 5) is 3.89. The maximum atomic E-state index is 9.88. The first-order valence-corrected chi connectivity index (χ1v) is 8.69. The Balaban J connectivity index is 1.97. The largest absolute Gasteiger partial charge is 0.389 e. The molecule has 3 rings (SSSR count). The Morgan fingerprint density at radius 2 is 2.14 bits per heavy atom. The lowest BCUT2D eigenvalue weighted by Gasteiger charge is -2.43. The van der Waals surface area contributed by atoms with Crippen LogP contribution in [-0.2, 0) is 0 Å². The molecule has 1 aliphatic carbocycles. The van der Waals surface area contributed by atoms with E-state index in [2.05, 4.69) is 54.3 Å². The first-order chi connectivity index (χ1) is 10.2. The van der Waals surface area contributed by atoms with Gasteiger partial charge in [0.15, 0.2) is 0 Å². The van der Waals surface area contributed by atoms with Gasteiger partial charge in [0.2, 0.25) is 0 Å². The van der Waals surface area contributed by atoms with Gasteiger partial charge in [0.25, 0.3) is 0 Å². The SMILES string of the molecule is CCCCN1c2ccccc2SC2C=CC(C(C)O)=CC21. The number of unbranched alkanes of at least 4 members (excludes halogenated alkanes) is 1. The lowest BCUT2D eigenvalue weighted by atomic mass is 9.96. The summed E-state index contributed by atoms with van der Waals surface area (Å²) in [6.07, 6.45) is 8.61. The quantitative estimate of drug-likeness (QED) is 0.909. The van der Waals surface area contributed by atoms with Crippen LogP contribution in [-0.4, -0.2) is 29.0 Å². The van der Waals surface area contributed by atoms with Gasteiger partial charge >= 0.3 is 0 Å². The molecule has 0 spiro atoms. The van der Waals surface area contributed by atoms with Gasteiger partial charge < -0.3 is 10.0 Å². The topological polar surface area (TPSA) is 23.5 Å². The molecule has 2 aliphatic rings. The zero-order valence-electron chi connectivity index (χ0n) is 12.7. The third-order valence-corrected chi connectivity index (χ3v) is 5.52. The van der Waals surface area contributed by atoms with Crippen molar-refractivity contribution in [1.29, 1.82) is 0 Å². The highest BCUT2D eigenvalue weighted by molar-refractivity contribution is 8.00. The van der Waals surface area contributed by atoms with Gasteiger partial charge in [-0.25, -0.2) is 0 Å². The summed E-state index contributed by atoms with van der Waals surface area (Å²) in [5, 5.41) is 10.3. The molecule has 1 N–H and O–H groups in total. The van der Waals surface area contributed by atoms with Crippen molar-refractivity contribution in [2.75, 3.05) is 11.4 Å². The van der Waals surface area contributed by atoms with E-state index in [0.29, 0.717) is 11.3 Å². The second-order valence-electron chi connectivity index (χ2n) is 5.79. The standard InChI is InChI=1S/C18H23NOS/c1-3-4-11-19-15-7-5-6-8-17(15)21-18-10-9-14(13(2)20)12-16(18)19/h5-10,12-13,16,18,20H,3-4,11H2,1-2H3. The molecule has 0 amide bonds. The number of nitrogens with zero attached hydrogens (tertiary/aromatic N) is 1. The zero-order valence-corrected chi connectivity index (χ0v) is 13.5. The number of aliphatic hydroxyl groups is 1. The minimum absolute atomic E-state index is 0.353. The molecule has 3 atom stereocenters. The van der Waals surface area contributed by atoms with E-state index >= 15 is 0 Å². The summed E-state index contributed by atoms with van der Waals surface area (Å²) in [5.41, 5.74) is 2.38. The number of anilines is 1. The Bertz CT molecular complexity index is 564. The summed E-state index contributed by atoms with van der Waals surface area (Å²) in [6.45, 7) is 5.16. The molecular formula is C18H23NOS. The van der Waals surface area contributed by atoms with Gasteiger partial charge in [-0.05, 0) is 31.1 Å². The number of hydrogen-bond donors (Lipinski definition) is 1. The van der Waals surface area contributed by atoms with Gasteiger partial charge in [-0.3, -0.25) is 0 Å². The number of hydrogen-bond acceptors (Lipinski definition) is 3. The Kier molecular flexibility index (Phi) is 4.41. The van der Waals surface area contributed by atoms with E-state index in [1.54, 1.807) is 0 Å². The second-order valence-corrected chi connectivity index (χ2v) is 7.01. The third kappa shape index (κ3) is 2.90. The number of benzene rings is 1. The van der Waals surface area contributed by atoms with Crippen LogP contribution >= 0.6 is 11.8 Å². The van der Waals surface area contributed by atoms with Gasteiger partial charge in [-0.1, -0.05) is 43.7 Å². The first-order valence-electron chi connectivity index (χ1n) is 7.81. The fourth-order valence-electron chi connectivity index (χ4n) is 3.02. The molecule has 21 heavy (non-hydrogen) atoms. The summed E-state index contributed by atoms with van der Waals surface area (Å²) in [5.74, 6) is 0. The summed E-state index contributed by atoms with van der Waals surface area (Å²) in [6, 6.07) is 9.04. The Morgan fingerprint density at radius 3 is 2.90 bits per heavy atom. The predicted octanol–water partition coefficient (Wildman–Crippen LogP) is 4.01. The maximum absolute atomic E-state index is 9.88. The van der Waals surface area contributed by atoms with E-state index in [4.69, 9.17) is 0 Å². The smallest absolute Gasteiger partial charge is 0.0759 e. The van der Waals surface area contributed by atoms with Crippen molar-refractivity contribution < 1.29 is 5.11 Å². The zero-order chi connectivity index (χ0) is 14.8. The van der Waals surface area contributed by atoms with Crippen LogP contribution in [0.4, 0.5) is 5.69 Å².